The maximum absolute atomic E-state index is 5.77. The van der Waals surface area contributed by atoms with Gasteiger partial charge in [0.1, 0.15) is 0 Å². The number of nitrogens with two attached hydrogens (primary N) is 1. The van der Waals surface area contributed by atoms with Crippen molar-refractivity contribution in [1.29, 1.82) is 0 Å². The molecule has 0 bridgehead atoms. The zero-order chi connectivity index (χ0) is 15.1. The molecule has 3 nitrogen and oxygen atoms in total. The molecule has 110 valence electrons. The van der Waals surface area contributed by atoms with Gasteiger partial charge in [-0.3, -0.25) is 9.88 Å². The molecule has 2 aromatic rings. The summed E-state index contributed by atoms with van der Waals surface area (Å²) in [5, 5.41) is 0. The van der Waals surface area contributed by atoms with Gasteiger partial charge >= 0.3 is 0 Å². The van der Waals surface area contributed by atoms with Crippen LogP contribution in [0.4, 0.5) is 0 Å². The van der Waals surface area contributed by atoms with E-state index >= 15 is 0 Å². The number of hydrogen-bond donors (Lipinski definition) is 1. The number of pyridine rings is 1. The fraction of sp³-hybridized carbons (Fsp3) is 0.294. The third-order valence-electron chi connectivity index (χ3n) is 3.56. The van der Waals surface area contributed by atoms with Gasteiger partial charge in [-0.2, -0.15) is 0 Å². The Morgan fingerprint density at radius 2 is 1.90 bits per heavy atom. The fourth-order valence-electron chi connectivity index (χ4n) is 2.39. The number of benzene rings is 1. The van der Waals surface area contributed by atoms with E-state index in [1.165, 1.54) is 5.56 Å². The molecule has 0 spiro atoms. The molecule has 1 atom stereocenters. The lowest BCUT2D eigenvalue weighted by atomic mass is 10.0. The highest BCUT2D eigenvalue weighted by molar-refractivity contribution is 7.80. The summed E-state index contributed by atoms with van der Waals surface area (Å²) in [7, 11) is 2.11. The Bertz CT molecular complexity index is 557. The first kappa shape index (κ1) is 15.6. The molecule has 2 rings (SSSR count). The van der Waals surface area contributed by atoms with Crippen molar-refractivity contribution >= 4 is 17.2 Å². The first-order valence-corrected chi connectivity index (χ1v) is 7.51. The summed E-state index contributed by atoms with van der Waals surface area (Å²) in [5.41, 5.74) is 8.12. The number of thiocarbonyl (C=S) groups is 1. The van der Waals surface area contributed by atoms with Crippen LogP contribution >= 0.6 is 12.2 Å². The van der Waals surface area contributed by atoms with Crippen molar-refractivity contribution in [1.82, 2.24) is 9.88 Å². The van der Waals surface area contributed by atoms with E-state index in [4.69, 9.17) is 18.0 Å². The Morgan fingerprint density at radius 3 is 2.52 bits per heavy atom. The predicted octanol–water partition coefficient (Wildman–Crippen LogP) is 2.97. The molecular weight excluding hydrogens is 278 g/mol. The number of hydrogen-bond acceptors (Lipinski definition) is 3. The van der Waals surface area contributed by atoms with Crippen LogP contribution in [0.5, 0.6) is 0 Å². The van der Waals surface area contributed by atoms with E-state index in [1.54, 1.807) is 0 Å². The molecule has 0 saturated carbocycles. The van der Waals surface area contributed by atoms with Gasteiger partial charge in [0.25, 0.3) is 0 Å². The van der Waals surface area contributed by atoms with Gasteiger partial charge in [-0.1, -0.05) is 48.6 Å². The van der Waals surface area contributed by atoms with Gasteiger partial charge in [0, 0.05) is 37.3 Å². The van der Waals surface area contributed by atoms with Gasteiger partial charge in [0.05, 0.1) is 4.99 Å². The Hall–Kier alpha value is -1.78. The van der Waals surface area contributed by atoms with Crippen molar-refractivity contribution in [3.8, 4) is 0 Å². The largest absolute Gasteiger partial charge is 0.393 e. The monoisotopic (exact) mass is 299 g/mol. The Morgan fingerprint density at radius 1 is 1.19 bits per heavy atom. The van der Waals surface area contributed by atoms with E-state index in [2.05, 4.69) is 47.3 Å². The number of aromatic nitrogens is 1. The molecule has 0 aliphatic heterocycles. The van der Waals surface area contributed by atoms with Crippen molar-refractivity contribution in [2.75, 3.05) is 13.6 Å². The van der Waals surface area contributed by atoms with Gasteiger partial charge in [0.15, 0.2) is 0 Å². The number of rotatable bonds is 7. The van der Waals surface area contributed by atoms with E-state index in [-0.39, 0.29) is 6.04 Å². The quantitative estimate of drug-likeness (QED) is 0.798. The third-order valence-corrected chi connectivity index (χ3v) is 3.72. The Kier molecular flexibility index (Phi) is 5.84. The van der Waals surface area contributed by atoms with Crippen LogP contribution in [0.2, 0.25) is 0 Å². The van der Waals surface area contributed by atoms with Gasteiger partial charge in [-0.25, -0.2) is 0 Å². The molecule has 4 heteroatoms. The second kappa shape index (κ2) is 7.86. The van der Waals surface area contributed by atoms with Crippen LogP contribution in [-0.4, -0.2) is 28.5 Å². The van der Waals surface area contributed by atoms with E-state index < -0.39 is 0 Å². The van der Waals surface area contributed by atoms with Gasteiger partial charge in [-0.15, -0.1) is 0 Å². The zero-order valence-corrected chi connectivity index (χ0v) is 13.1. The highest BCUT2D eigenvalue weighted by Crippen LogP contribution is 2.23. The normalized spacial score (nSPS) is 12.3. The smallest absolute Gasteiger partial charge is 0.0746 e. The SMILES string of the molecule is CN(CCc1ccccn1)C(CC(N)=S)c1ccccc1. The topological polar surface area (TPSA) is 42.2 Å². The van der Waals surface area contributed by atoms with Gasteiger partial charge in [-0.05, 0) is 24.7 Å². The van der Waals surface area contributed by atoms with Gasteiger partial charge < -0.3 is 5.73 Å². The Labute approximate surface area is 131 Å². The first-order valence-electron chi connectivity index (χ1n) is 7.10. The van der Waals surface area contributed by atoms with Crippen molar-refractivity contribution in [3.05, 3.63) is 66.0 Å². The van der Waals surface area contributed by atoms with Crippen LogP contribution < -0.4 is 5.73 Å². The number of likely N-dealkylation sites (N-methyl/N-ethyl adjacent to an activating group) is 1. The molecular formula is C17H21N3S. The van der Waals surface area contributed by atoms with Crippen LogP contribution in [0.3, 0.4) is 0 Å². The van der Waals surface area contributed by atoms with Crippen molar-refractivity contribution in [2.45, 2.75) is 18.9 Å². The second-order valence-electron chi connectivity index (χ2n) is 5.15. The average molecular weight is 299 g/mol. The standard InChI is InChI=1S/C17H21N3S/c1-20(12-10-15-9-5-6-11-19-15)16(13-17(18)21)14-7-3-2-4-8-14/h2-9,11,16H,10,12-13H2,1H3,(H2,18,21). The molecule has 1 heterocycles. The Balaban J connectivity index is 2.04. The van der Waals surface area contributed by atoms with Gasteiger partial charge in [0.2, 0.25) is 0 Å². The number of nitrogens with zero attached hydrogens (tertiary/aromatic N) is 2. The average Bonchev–Trinajstić information content (AvgIpc) is 2.52. The third kappa shape index (κ3) is 4.92. The summed E-state index contributed by atoms with van der Waals surface area (Å²) in [6.45, 7) is 0.916. The minimum absolute atomic E-state index is 0.215. The molecule has 1 unspecified atom stereocenters. The summed E-state index contributed by atoms with van der Waals surface area (Å²) < 4.78 is 0. The van der Waals surface area contributed by atoms with E-state index in [0.29, 0.717) is 11.4 Å². The van der Waals surface area contributed by atoms with Crippen molar-refractivity contribution < 1.29 is 0 Å². The molecule has 0 aliphatic carbocycles. The lowest BCUT2D eigenvalue weighted by Crippen LogP contribution is -2.30. The zero-order valence-electron chi connectivity index (χ0n) is 12.3. The molecule has 1 aromatic carbocycles. The molecule has 0 saturated heterocycles. The van der Waals surface area contributed by atoms with Crippen LogP contribution in [0.1, 0.15) is 23.7 Å². The highest BCUT2D eigenvalue weighted by Gasteiger charge is 2.17. The van der Waals surface area contributed by atoms with Crippen LogP contribution in [-0.2, 0) is 6.42 Å². The molecule has 1 aromatic heterocycles. The van der Waals surface area contributed by atoms with Crippen LogP contribution in [0.25, 0.3) is 0 Å². The maximum atomic E-state index is 5.77. The summed E-state index contributed by atoms with van der Waals surface area (Å²) in [6.07, 6.45) is 3.44. The van der Waals surface area contributed by atoms with Crippen molar-refractivity contribution in [3.63, 3.8) is 0 Å². The van der Waals surface area contributed by atoms with Crippen molar-refractivity contribution in [2.24, 2.45) is 5.73 Å². The minimum atomic E-state index is 0.215. The molecule has 21 heavy (non-hydrogen) atoms. The maximum Gasteiger partial charge on any atom is 0.0746 e. The summed E-state index contributed by atoms with van der Waals surface area (Å²) in [6, 6.07) is 16.6. The summed E-state index contributed by atoms with van der Waals surface area (Å²) in [4.78, 5) is 7.21. The molecule has 0 radical (unpaired) electrons. The summed E-state index contributed by atoms with van der Waals surface area (Å²) in [5.74, 6) is 0. The first-order chi connectivity index (χ1) is 10.2. The minimum Gasteiger partial charge on any atom is -0.393 e. The highest BCUT2D eigenvalue weighted by atomic mass is 32.1. The second-order valence-corrected chi connectivity index (χ2v) is 5.67. The van der Waals surface area contributed by atoms with E-state index in [9.17, 15) is 0 Å². The molecule has 0 aliphatic rings. The fourth-order valence-corrected chi connectivity index (χ4v) is 2.54. The lowest BCUT2D eigenvalue weighted by molar-refractivity contribution is 0.253. The molecule has 0 amide bonds. The van der Waals surface area contributed by atoms with E-state index in [1.807, 2.05) is 24.4 Å². The summed E-state index contributed by atoms with van der Waals surface area (Å²) >= 11 is 5.11. The predicted molar refractivity (Wildman–Crippen MR) is 91.2 cm³/mol. The lowest BCUT2D eigenvalue weighted by Gasteiger charge is -2.28. The van der Waals surface area contributed by atoms with Crippen LogP contribution in [0.15, 0.2) is 54.7 Å². The molecule has 0 fully saturated rings. The van der Waals surface area contributed by atoms with E-state index in [0.717, 1.165) is 18.7 Å². The van der Waals surface area contributed by atoms with Crippen LogP contribution in [0, 0.1) is 0 Å². The molecule has 2 N–H and O–H groups in total.